The second-order valence-corrected chi connectivity index (χ2v) is 5.05. The summed E-state index contributed by atoms with van der Waals surface area (Å²) in [6.07, 6.45) is 3.76. The summed E-state index contributed by atoms with van der Waals surface area (Å²) in [5.41, 5.74) is 0.824. The lowest BCUT2D eigenvalue weighted by molar-refractivity contribution is -0.384. The van der Waals surface area contributed by atoms with Crippen molar-refractivity contribution in [1.29, 1.82) is 0 Å². The zero-order chi connectivity index (χ0) is 14.4. The van der Waals surface area contributed by atoms with E-state index in [-0.39, 0.29) is 18.0 Å². The molecule has 0 spiro atoms. The molecule has 6 nitrogen and oxygen atoms in total. The van der Waals surface area contributed by atoms with Crippen molar-refractivity contribution in [3.8, 4) is 0 Å². The molecular formula is C14H19N3O3. The fourth-order valence-electron chi connectivity index (χ4n) is 2.32. The Morgan fingerprint density at radius 1 is 1.35 bits per heavy atom. The highest BCUT2D eigenvalue weighted by Gasteiger charge is 2.13. The Hall–Kier alpha value is -1.95. The lowest BCUT2D eigenvalue weighted by Gasteiger charge is -2.23. The van der Waals surface area contributed by atoms with E-state index in [0.29, 0.717) is 12.6 Å². The lowest BCUT2D eigenvalue weighted by atomic mass is 10.0. The molecule has 20 heavy (non-hydrogen) atoms. The number of hydrogen-bond acceptors (Lipinski definition) is 4. The van der Waals surface area contributed by atoms with Gasteiger partial charge in [-0.3, -0.25) is 14.9 Å². The second kappa shape index (κ2) is 7.00. The maximum Gasteiger partial charge on any atom is 0.269 e. The van der Waals surface area contributed by atoms with Crippen LogP contribution >= 0.6 is 0 Å². The molecule has 1 aliphatic heterocycles. The van der Waals surface area contributed by atoms with E-state index in [2.05, 4.69) is 10.6 Å². The lowest BCUT2D eigenvalue weighted by Crippen LogP contribution is -2.43. The molecule has 0 bridgehead atoms. The van der Waals surface area contributed by atoms with E-state index in [4.69, 9.17) is 0 Å². The number of nitrogens with one attached hydrogen (secondary N) is 2. The Bertz CT molecular complexity index is 467. The number of non-ortho nitro benzene ring substituents is 1. The van der Waals surface area contributed by atoms with Crippen molar-refractivity contribution in [2.24, 2.45) is 0 Å². The van der Waals surface area contributed by atoms with Crippen LogP contribution in [0.5, 0.6) is 0 Å². The normalized spacial score (nSPS) is 18.5. The molecule has 1 atom stereocenters. The number of piperidine rings is 1. The van der Waals surface area contributed by atoms with E-state index >= 15 is 0 Å². The fourth-order valence-corrected chi connectivity index (χ4v) is 2.32. The van der Waals surface area contributed by atoms with Crippen molar-refractivity contribution in [1.82, 2.24) is 10.6 Å². The zero-order valence-electron chi connectivity index (χ0n) is 11.3. The van der Waals surface area contributed by atoms with Gasteiger partial charge in [0.25, 0.3) is 5.69 Å². The van der Waals surface area contributed by atoms with Crippen molar-refractivity contribution in [3.63, 3.8) is 0 Å². The molecule has 1 unspecified atom stereocenters. The second-order valence-electron chi connectivity index (χ2n) is 5.05. The molecule has 6 heteroatoms. The molecular weight excluding hydrogens is 258 g/mol. The molecule has 1 heterocycles. The summed E-state index contributed by atoms with van der Waals surface area (Å²) in [5, 5.41) is 16.8. The molecule has 1 aromatic rings. The molecule has 0 radical (unpaired) electrons. The van der Waals surface area contributed by atoms with Crippen LogP contribution in [0.2, 0.25) is 0 Å². The van der Waals surface area contributed by atoms with Crippen molar-refractivity contribution in [2.45, 2.75) is 31.7 Å². The number of carbonyl (C=O) groups is 1. The van der Waals surface area contributed by atoms with Gasteiger partial charge < -0.3 is 10.6 Å². The first-order chi connectivity index (χ1) is 9.65. The highest BCUT2D eigenvalue weighted by atomic mass is 16.6. The number of benzene rings is 1. The molecule has 0 saturated carbocycles. The van der Waals surface area contributed by atoms with Gasteiger partial charge in [-0.15, -0.1) is 0 Å². The molecule has 2 rings (SSSR count). The van der Waals surface area contributed by atoms with Gasteiger partial charge >= 0.3 is 0 Å². The molecule has 1 saturated heterocycles. The van der Waals surface area contributed by atoms with Gasteiger partial charge in [-0.25, -0.2) is 0 Å². The highest BCUT2D eigenvalue weighted by Crippen LogP contribution is 2.12. The third kappa shape index (κ3) is 4.31. The number of amides is 1. The van der Waals surface area contributed by atoms with Crippen LogP contribution in [0.4, 0.5) is 5.69 Å². The topological polar surface area (TPSA) is 84.3 Å². The standard InChI is InChI=1S/C14H19N3O3/c18-14(16-10-12-3-1-2-8-15-12)9-11-4-6-13(7-5-11)17(19)20/h4-7,12,15H,1-3,8-10H2,(H,16,18). The molecule has 1 aromatic carbocycles. The average Bonchev–Trinajstić information content (AvgIpc) is 2.47. The maximum absolute atomic E-state index is 11.8. The summed E-state index contributed by atoms with van der Waals surface area (Å²) in [7, 11) is 0. The Morgan fingerprint density at radius 3 is 2.70 bits per heavy atom. The van der Waals surface area contributed by atoms with Gasteiger partial charge in [0.1, 0.15) is 0 Å². The summed E-state index contributed by atoms with van der Waals surface area (Å²) in [6, 6.07) is 6.45. The molecule has 1 fully saturated rings. The minimum absolute atomic E-state index is 0.0422. The zero-order valence-corrected chi connectivity index (χ0v) is 11.3. The highest BCUT2D eigenvalue weighted by molar-refractivity contribution is 5.78. The minimum atomic E-state index is -0.446. The van der Waals surface area contributed by atoms with Gasteiger partial charge in [-0.2, -0.15) is 0 Å². The van der Waals surface area contributed by atoms with Gasteiger partial charge in [0.15, 0.2) is 0 Å². The van der Waals surface area contributed by atoms with Crippen LogP contribution in [0, 0.1) is 10.1 Å². The first-order valence-corrected chi connectivity index (χ1v) is 6.88. The largest absolute Gasteiger partial charge is 0.354 e. The van der Waals surface area contributed by atoms with Crippen LogP contribution in [0.25, 0.3) is 0 Å². The maximum atomic E-state index is 11.8. The average molecular weight is 277 g/mol. The summed E-state index contributed by atoms with van der Waals surface area (Å²) in [4.78, 5) is 21.9. The third-order valence-electron chi connectivity index (χ3n) is 3.47. The van der Waals surface area contributed by atoms with Crippen molar-refractivity contribution in [3.05, 3.63) is 39.9 Å². The van der Waals surface area contributed by atoms with E-state index in [0.717, 1.165) is 18.5 Å². The van der Waals surface area contributed by atoms with Crippen molar-refractivity contribution >= 4 is 11.6 Å². The molecule has 0 aliphatic carbocycles. The minimum Gasteiger partial charge on any atom is -0.354 e. The molecule has 0 aromatic heterocycles. The van der Waals surface area contributed by atoms with E-state index in [1.54, 1.807) is 12.1 Å². The number of nitro groups is 1. The van der Waals surface area contributed by atoms with Crippen molar-refractivity contribution < 1.29 is 9.72 Å². The molecule has 1 amide bonds. The number of rotatable bonds is 5. The van der Waals surface area contributed by atoms with Crippen LogP contribution in [-0.4, -0.2) is 30.0 Å². The van der Waals surface area contributed by atoms with Crippen LogP contribution in [-0.2, 0) is 11.2 Å². The van der Waals surface area contributed by atoms with Crippen LogP contribution in [0.15, 0.2) is 24.3 Å². The van der Waals surface area contributed by atoms with Gasteiger partial charge in [0.2, 0.25) is 5.91 Å². The number of hydrogen-bond donors (Lipinski definition) is 2. The predicted octanol–water partition coefficient (Wildman–Crippen LogP) is 1.40. The summed E-state index contributed by atoms with van der Waals surface area (Å²) in [6.45, 7) is 1.66. The molecule has 1 aliphatic rings. The smallest absolute Gasteiger partial charge is 0.269 e. The fraction of sp³-hybridized carbons (Fsp3) is 0.500. The van der Waals surface area contributed by atoms with Crippen LogP contribution < -0.4 is 10.6 Å². The van der Waals surface area contributed by atoms with Crippen LogP contribution in [0.1, 0.15) is 24.8 Å². The Labute approximate surface area is 117 Å². The van der Waals surface area contributed by atoms with Crippen molar-refractivity contribution in [2.75, 3.05) is 13.1 Å². The van der Waals surface area contributed by atoms with Gasteiger partial charge in [0.05, 0.1) is 11.3 Å². The Kier molecular flexibility index (Phi) is 5.06. The van der Waals surface area contributed by atoms with Gasteiger partial charge in [-0.1, -0.05) is 18.6 Å². The quantitative estimate of drug-likeness (QED) is 0.629. The third-order valence-corrected chi connectivity index (χ3v) is 3.47. The number of nitrogens with zero attached hydrogens (tertiary/aromatic N) is 1. The predicted molar refractivity (Wildman–Crippen MR) is 75.5 cm³/mol. The van der Waals surface area contributed by atoms with Gasteiger partial charge in [0, 0.05) is 24.7 Å². The Balaban J connectivity index is 1.77. The molecule has 2 N–H and O–H groups in total. The number of nitro benzene ring substituents is 1. The Morgan fingerprint density at radius 2 is 2.10 bits per heavy atom. The van der Waals surface area contributed by atoms with Crippen LogP contribution in [0.3, 0.4) is 0 Å². The SMILES string of the molecule is O=C(Cc1ccc([N+](=O)[O-])cc1)NCC1CCCCN1. The van der Waals surface area contributed by atoms with E-state index in [9.17, 15) is 14.9 Å². The van der Waals surface area contributed by atoms with E-state index in [1.165, 1.54) is 25.0 Å². The van der Waals surface area contributed by atoms with Gasteiger partial charge in [-0.05, 0) is 24.9 Å². The summed E-state index contributed by atoms with van der Waals surface area (Å²) in [5.74, 6) is -0.0498. The van der Waals surface area contributed by atoms with E-state index < -0.39 is 4.92 Å². The first kappa shape index (κ1) is 14.5. The molecule has 108 valence electrons. The summed E-state index contributed by atoms with van der Waals surface area (Å²) < 4.78 is 0. The summed E-state index contributed by atoms with van der Waals surface area (Å²) >= 11 is 0. The monoisotopic (exact) mass is 277 g/mol. The first-order valence-electron chi connectivity index (χ1n) is 6.88. The number of carbonyl (C=O) groups excluding carboxylic acids is 1. The van der Waals surface area contributed by atoms with E-state index in [1.807, 2.05) is 0 Å².